The van der Waals surface area contributed by atoms with E-state index in [9.17, 15) is 0 Å². The molecule has 1 unspecified atom stereocenters. The largest absolute Gasteiger partial charge is 0.321 e. The summed E-state index contributed by atoms with van der Waals surface area (Å²) in [5, 5.41) is 4.17. The second-order valence-electron chi connectivity index (χ2n) is 4.73. The first kappa shape index (κ1) is 12.9. The quantitative estimate of drug-likeness (QED) is 0.867. The fourth-order valence-electron chi connectivity index (χ4n) is 2.34. The lowest BCUT2D eigenvalue weighted by Gasteiger charge is -2.13. The van der Waals surface area contributed by atoms with Crippen LogP contribution >= 0.6 is 11.6 Å². The summed E-state index contributed by atoms with van der Waals surface area (Å²) >= 11 is 5.94. The molecule has 5 heteroatoms. The SMILES string of the molecule is CCN1CCC(CNCc2ncc(Cl)n2C)C1. The van der Waals surface area contributed by atoms with Crippen molar-refractivity contribution < 1.29 is 0 Å². The van der Waals surface area contributed by atoms with Crippen molar-refractivity contribution >= 4 is 11.6 Å². The molecule has 0 aliphatic carbocycles. The highest BCUT2D eigenvalue weighted by atomic mass is 35.5. The number of rotatable bonds is 5. The van der Waals surface area contributed by atoms with Gasteiger partial charge in [0.1, 0.15) is 11.0 Å². The van der Waals surface area contributed by atoms with Gasteiger partial charge in [-0.1, -0.05) is 18.5 Å². The number of nitrogens with one attached hydrogen (secondary N) is 1. The molecule has 0 spiro atoms. The highest BCUT2D eigenvalue weighted by Gasteiger charge is 2.20. The maximum absolute atomic E-state index is 5.94. The fraction of sp³-hybridized carbons (Fsp3) is 0.750. The Morgan fingerprint density at radius 1 is 1.59 bits per heavy atom. The molecule has 1 fully saturated rings. The van der Waals surface area contributed by atoms with E-state index in [1.165, 1.54) is 26.1 Å². The first-order chi connectivity index (χ1) is 8.20. The molecule has 0 bridgehead atoms. The van der Waals surface area contributed by atoms with E-state index in [0.29, 0.717) is 5.15 Å². The van der Waals surface area contributed by atoms with Crippen LogP contribution in [0.4, 0.5) is 0 Å². The Morgan fingerprint density at radius 3 is 3.00 bits per heavy atom. The molecule has 1 N–H and O–H groups in total. The molecule has 2 rings (SSSR count). The third-order valence-corrected chi connectivity index (χ3v) is 3.91. The van der Waals surface area contributed by atoms with Gasteiger partial charge in [0.15, 0.2) is 0 Å². The van der Waals surface area contributed by atoms with Gasteiger partial charge in [-0.3, -0.25) is 0 Å². The summed E-state index contributed by atoms with van der Waals surface area (Å²) in [5.41, 5.74) is 0. The van der Waals surface area contributed by atoms with Crippen molar-refractivity contribution in [1.29, 1.82) is 0 Å². The lowest BCUT2D eigenvalue weighted by molar-refractivity contribution is 0.338. The van der Waals surface area contributed by atoms with Crippen LogP contribution in [0, 0.1) is 5.92 Å². The number of aromatic nitrogens is 2. The van der Waals surface area contributed by atoms with Gasteiger partial charge in [-0.2, -0.15) is 0 Å². The Kier molecular flexibility index (Phi) is 4.42. The molecule has 4 nitrogen and oxygen atoms in total. The molecule has 1 saturated heterocycles. The summed E-state index contributed by atoms with van der Waals surface area (Å²) in [6, 6.07) is 0. The molecule has 96 valence electrons. The summed E-state index contributed by atoms with van der Waals surface area (Å²) in [6.07, 6.45) is 3.01. The maximum atomic E-state index is 5.94. The lowest BCUT2D eigenvalue weighted by atomic mass is 10.1. The van der Waals surface area contributed by atoms with Crippen LogP contribution < -0.4 is 5.32 Å². The van der Waals surface area contributed by atoms with E-state index < -0.39 is 0 Å². The Morgan fingerprint density at radius 2 is 2.41 bits per heavy atom. The average molecular weight is 257 g/mol. The highest BCUT2D eigenvalue weighted by molar-refractivity contribution is 6.29. The van der Waals surface area contributed by atoms with Crippen LogP contribution in [-0.4, -0.2) is 40.6 Å². The van der Waals surface area contributed by atoms with E-state index >= 15 is 0 Å². The number of imidazole rings is 1. The maximum Gasteiger partial charge on any atom is 0.128 e. The Bertz CT molecular complexity index is 363. The molecule has 2 heterocycles. The van der Waals surface area contributed by atoms with Crippen LogP contribution in [0.25, 0.3) is 0 Å². The predicted molar refractivity (Wildman–Crippen MR) is 70.1 cm³/mol. The molecule has 1 aliphatic rings. The van der Waals surface area contributed by atoms with Crippen molar-refractivity contribution in [1.82, 2.24) is 19.8 Å². The van der Waals surface area contributed by atoms with Crippen molar-refractivity contribution in [2.45, 2.75) is 19.9 Å². The molecule has 1 aliphatic heterocycles. The van der Waals surface area contributed by atoms with Gasteiger partial charge >= 0.3 is 0 Å². The van der Waals surface area contributed by atoms with E-state index in [1.807, 2.05) is 11.6 Å². The molecule has 17 heavy (non-hydrogen) atoms. The molecule has 0 aromatic carbocycles. The van der Waals surface area contributed by atoms with Crippen molar-refractivity contribution in [2.24, 2.45) is 13.0 Å². The van der Waals surface area contributed by atoms with Gasteiger partial charge in [0.25, 0.3) is 0 Å². The Labute approximate surface area is 108 Å². The van der Waals surface area contributed by atoms with Gasteiger partial charge in [0.2, 0.25) is 0 Å². The van der Waals surface area contributed by atoms with E-state index in [0.717, 1.165) is 24.8 Å². The zero-order valence-corrected chi connectivity index (χ0v) is 11.4. The summed E-state index contributed by atoms with van der Waals surface area (Å²) in [6.45, 7) is 7.74. The van der Waals surface area contributed by atoms with Gasteiger partial charge in [0, 0.05) is 13.6 Å². The first-order valence-corrected chi connectivity index (χ1v) is 6.67. The van der Waals surface area contributed by atoms with E-state index in [-0.39, 0.29) is 0 Å². The standard InChI is InChI=1S/C12H21ClN4/c1-3-17-5-4-10(9-17)6-14-8-12-15-7-11(13)16(12)2/h7,10,14H,3-6,8-9H2,1-2H3. The summed E-state index contributed by atoms with van der Waals surface area (Å²) in [4.78, 5) is 6.77. The van der Waals surface area contributed by atoms with Gasteiger partial charge in [0.05, 0.1) is 12.7 Å². The fourth-order valence-corrected chi connectivity index (χ4v) is 2.49. The second kappa shape index (κ2) is 5.85. The lowest BCUT2D eigenvalue weighted by Crippen LogP contribution is -2.26. The number of likely N-dealkylation sites (tertiary alicyclic amines) is 1. The van der Waals surface area contributed by atoms with Crippen LogP contribution in [-0.2, 0) is 13.6 Å². The minimum atomic E-state index is 0.694. The van der Waals surface area contributed by atoms with Crippen molar-refractivity contribution in [3.05, 3.63) is 17.2 Å². The topological polar surface area (TPSA) is 33.1 Å². The second-order valence-corrected chi connectivity index (χ2v) is 5.12. The van der Waals surface area contributed by atoms with Crippen LogP contribution in [0.3, 0.4) is 0 Å². The highest BCUT2D eigenvalue weighted by Crippen LogP contribution is 2.15. The monoisotopic (exact) mass is 256 g/mol. The van der Waals surface area contributed by atoms with Gasteiger partial charge in [-0.25, -0.2) is 4.98 Å². The van der Waals surface area contributed by atoms with Crippen molar-refractivity contribution in [2.75, 3.05) is 26.2 Å². The third-order valence-electron chi connectivity index (χ3n) is 3.56. The van der Waals surface area contributed by atoms with Crippen LogP contribution in [0.5, 0.6) is 0 Å². The summed E-state index contributed by atoms with van der Waals surface area (Å²) < 4.78 is 1.92. The molecular weight excluding hydrogens is 236 g/mol. The average Bonchev–Trinajstić information content (AvgIpc) is 2.90. The molecule has 1 aromatic rings. The number of nitrogens with zero attached hydrogens (tertiary/aromatic N) is 3. The van der Waals surface area contributed by atoms with Gasteiger partial charge in [-0.05, 0) is 32.0 Å². The minimum absolute atomic E-state index is 0.694. The molecule has 0 amide bonds. The van der Waals surface area contributed by atoms with Crippen molar-refractivity contribution in [3.8, 4) is 0 Å². The van der Waals surface area contributed by atoms with Crippen LogP contribution in [0.15, 0.2) is 6.20 Å². The first-order valence-electron chi connectivity index (χ1n) is 6.30. The van der Waals surface area contributed by atoms with Crippen molar-refractivity contribution in [3.63, 3.8) is 0 Å². The van der Waals surface area contributed by atoms with Gasteiger partial charge in [-0.15, -0.1) is 0 Å². The molecule has 1 atom stereocenters. The van der Waals surface area contributed by atoms with E-state index in [4.69, 9.17) is 11.6 Å². The minimum Gasteiger partial charge on any atom is -0.321 e. The summed E-state index contributed by atoms with van der Waals surface area (Å²) in [5.74, 6) is 1.78. The van der Waals surface area contributed by atoms with Crippen LogP contribution in [0.2, 0.25) is 5.15 Å². The number of hydrogen-bond acceptors (Lipinski definition) is 3. The third kappa shape index (κ3) is 3.21. The van der Waals surface area contributed by atoms with E-state index in [2.05, 4.69) is 22.1 Å². The van der Waals surface area contributed by atoms with Crippen LogP contribution in [0.1, 0.15) is 19.2 Å². The predicted octanol–water partition coefficient (Wildman–Crippen LogP) is 1.50. The summed E-state index contributed by atoms with van der Waals surface area (Å²) in [7, 11) is 1.95. The number of halogens is 1. The number of hydrogen-bond donors (Lipinski definition) is 1. The molecule has 1 aromatic heterocycles. The molecular formula is C12H21ClN4. The smallest absolute Gasteiger partial charge is 0.128 e. The Balaban J connectivity index is 1.71. The zero-order chi connectivity index (χ0) is 12.3. The zero-order valence-electron chi connectivity index (χ0n) is 10.6. The van der Waals surface area contributed by atoms with E-state index in [1.54, 1.807) is 6.20 Å². The van der Waals surface area contributed by atoms with Gasteiger partial charge < -0.3 is 14.8 Å². The normalized spacial score (nSPS) is 21.2. The Hall–Kier alpha value is -0.580. The molecule has 0 saturated carbocycles. The molecule has 0 radical (unpaired) electrons.